The van der Waals surface area contributed by atoms with Gasteiger partial charge in [-0.1, -0.05) is 11.6 Å². The molecule has 1 saturated carbocycles. The first-order valence-corrected chi connectivity index (χ1v) is 6.73. The van der Waals surface area contributed by atoms with Crippen molar-refractivity contribution < 1.29 is 24.2 Å². The first-order chi connectivity index (χ1) is 8.95. The van der Waals surface area contributed by atoms with E-state index < -0.39 is 5.54 Å². The molecule has 0 amide bonds. The van der Waals surface area contributed by atoms with Gasteiger partial charge in [0.25, 0.3) is 0 Å². The predicted molar refractivity (Wildman–Crippen MR) is 75.4 cm³/mol. The minimum Gasteiger partial charge on any atom is -0.474 e. The van der Waals surface area contributed by atoms with Crippen LogP contribution in [-0.2, 0) is 25.0 Å². The minimum absolute atomic E-state index is 0. The van der Waals surface area contributed by atoms with Crippen molar-refractivity contribution >= 4 is 22.4 Å². The summed E-state index contributed by atoms with van der Waals surface area (Å²) in [5, 5.41) is 2.27. The van der Waals surface area contributed by atoms with Crippen molar-refractivity contribution in [3.8, 4) is 5.88 Å². The fourth-order valence-corrected chi connectivity index (χ4v) is 2.19. The van der Waals surface area contributed by atoms with Crippen molar-refractivity contribution in [1.82, 2.24) is 9.97 Å². The van der Waals surface area contributed by atoms with E-state index in [0.29, 0.717) is 17.1 Å². The molecule has 0 unspecified atom stereocenters. The zero-order valence-corrected chi connectivity index (χ0v) is 15.4. The summed E-state index contributed by atoms with van der Waals surface area (Å²) < 4.78 is 5.81. The molecule has 0 saturated heterocycles. The van der Waals surface area contributed by atoms with Crippen molar-refractivity contribution in [2.75, 3.05) is 0 Å². The first-order valence-electron chi connectivity index (χ1n) is 6.35. The van der Waals surface area contributed by atoms with Crippen LogP contribution in [0.4, 0.5) is 0 Å². The molecular weight excluding hydrogens is 327 g/mol. The molecule has 20 heavy (non-hydrogen) atoms. The quantitative estimate of drug-likeness (QED) is 0.688. The monoisotopic (exact) mass is 341 g/mol. The molecule has 2 aromatic heterocycles. The zero-order valence-electron chi connectivity index (χ0n) is 11.7. The summed E-state index contributed by atoms with van der Waals surface area (Å²) in [7, 11) is 0. The average Bonchev–Trinajstić information content (AvgIpc) is 3.11. The maximum Gasteiger partial charge on any atom is 0.223 e. The van der Waals surface area contributed by atoms with Crippen LogP contribution in [0.5, 0.6) is 5.88 Å². The smallest absolute Gasteiger partial charge is 0.223 e. The van der Waals surface area contributed by atoms with Crippen LogP contribution in [0.1, 0.15) is 32.3 Å². The molecule has 0 aromatic carbocycles. The summed E-state index contributed by atoms with van der Waals surface area (Å²) in [6, 6.07) is 1.82. The molecule has 1 aliphatic carbocycles. The molecule has 3 rings (SSSR count). The fraction of sp³-hybridized carbons (Fsp3) is 0.429. The van der Waals surface area contributed by atoms with E-state index in [1.54, 1.807) is 12.4 Å². The van der Waals surface area contributed by atoms with Crippen LogP contribution >= 0.6 is 11.6 Å². The fourth-order valence-electron chi connectivity index (χ4n) is 2.04. The minimum atomic E-state index is -0.492. The van der Waals surface area contributed by atoms with Crippen molar-refractivity contribution in [3.63, 3.8) is 0 Å². The van der Waals surface area contributed by atoms with Gasteiger partial charge in [-0.25, -0.2) is 9.97 Å². The van der Waals surface area contributed by atoms with E-state index >= 15 is 0 Å². The second-order valence-corrected chi connectivity index (χ2v) is 5.96. The van der Waals surface area contributed by atoms with Crippen molar-refractivity contribution in [1.29, 1.82) is 0 Å². The van der Waals surface area contributed by atoms with E-state index in [1.165, 1.54) is 0 Å². The first kappa shape index (κ1) is 15.6. The molecule has 0 spiro atoms. The van der Waals surface area contributed by atoms with E-state index in [4.69, 9.17) is 22.1 Å². The van der Waals surface area contributed by atoms with E-state index in [0.717, 1.165) is 29.2 Å². The number of aromatic nitrogens is 2. The number of nitrogens with two attached hydrogens (primary N) is 1. The summed E-state index contributed by atoms with van der Waals surface area (Å²) in [6.07, 6.45) is 5.96. The van der Waals surface area contributed by atoms with Gasteiger partial charge in [0, 0.05) is 37.4 Å². The van der Waals surface area contributed by atoms with Crippen LogP contribution in [0, 0.1) is 0 Å². The summed E-state index contributed by atoms with van der Waals surface area (Å²) in [6.45, 7) is 3.89. The molecule has 2 N–H and O–H groups in total. The standard InChI is InChI=1S/C14H16ClN3O.Zn/c1-14(2,16)11-7-18-13(19-8-3-4-8)10-6-17-12(15)5-9(10)11;/h5-8H,3-4,16H2,1-2H3;. The summed E-state index contributed by atoms with van der Waals surface area (Å²) in [4.78, 5) is 8.52. The molecule has 102 valence electrons. The summed E-state index contributed by atoms with van der Waals surface area (Å²) in [5.41, 5.74) is 6.64. The Morgan fingerprint density at radius 3 is 2.55 bits per heavy atom. The number of rotatable bonds is 3. The Morgan fingerprint density at radius 2 is 1.95 bits per heavy atom. The number of halogens is 1. The van der Waals surface area contributed by atoms with Gasteiger partial charge in [-0.15, -0.1) is 0 Å². The number of pyridine rings is 2. The van der Waals surface area contributed by atoms with Crippen molar-refractivity contribution in [3.05, 3.63) is 29.2 Å². The Morgan fingerprint density at radius 1 is 1.25 bits per heavy atom. The molecule has 0 bridgehead atoms. The summed E-state index contributed by atoms with van der Waals surface area (Å²) in [5.74, 6) is 0.620. The van der Waals surface area contributed by atoms with Crippen LogP contribution in [0.3, 0.4) is 0 Å². The van der Waals surface area contributed by atoms with Crippen LogP contribution < -0.4 is 10.5 Å². The Labute approximate surface area is 135 Å². The molecule has 1 aliphatic rings. The van der Waals surface area contributed by atoms with Gasteiger partial charge in [-0.2, -0.15) is 0 Å². The van der Waals surface area contributed by atoms with Crippen LogP contribution in [0.2, 0.25) is 5.15 Å². The molecular formula is C14H16ClN3OZn. The van der Waals surface area contributed by atoms with Gasteiger partial charge in [-0.05, 0) is 43.7 Å². The van der Waals surface area contributed by atoms with E-state index in [1.807, 2.05) is 19.9 Å². The van der Waals surface area contributed by atoms with E-state index in [2.05, 4.69) is 9.97 Å². The molecule has 2 heterocycles. The van der Waals surface area contributed by atoms with Gasteiger partial charge in [-0.3, -0.25) is 0 Å². The van der Waals surface area contributed by atoms with Crippen LogP contribution in [0.15, 0.2) is 18.5 Å². The third kappa shape index (κ3) is 3.11. The van der Waals surface area contributed by atoms with Gasteiger partial charge >= 0.3 is 0 Å². The van der Waals surface area contributed by atoms with E-state index in [9.17, 15) is 0 Å². The number of hydrogen-bond donors (Lipinski definition) is 1. The Hall–Kier alpha value is -0.767. The molecule has 1 fully saturated rings. The second-order valence-electron chi connectivity index (χ2n) is 5.57. The molecule has 2 aromatic rings. The third-order valence-corrected chi connectivity index (χ3v) is 3.41. The maximum absolute atomic E-state index is 6.19. The predicted octanol–water partition coefficient (Wildman–Crippen LogP) is 3.02. The van der Waals surface area contributed by atoms with Crippen molar-refractivity contribution in [2.45, 2.75) is 38.3 Å². The number of fused-ring (bicyclic) bond motifs is 1. The normalized spacial score (nSPS) is 15.0. The molecule has 0 atom stereocenters. The number of ether oxygens (including phenoxy) is 1. The number of nitrogens with zero attached hydrogens (tertiary/aromatic N) is 2. The molecule has 6 heteroatoms. The van der Waals surface area contributed by atoms with Gasteiger partial charge in [0.2, 0.25) is 5.88 Å². The largest absolute Gasteiger partial charge is 0.474 e. The zero-order chi connectivity index (χ0) is 13.6. The molecule has 0 aliphatic heterocycles. The van der Waals surface area contributed by atoms with Gasteiger partial charge in [0.1, 0.15) is 11.3 Å². The van der Waals surface area contributed by atoms with E-state index in [-0.39, 0.29) is 19.5 Å². The Bertz CT molecular complexity index is 638. The maximum atomic E-state index is 6.19. The van der Waals surface area contributed by atoms with Crippen LogP contribution in [0.25, 0.3) is 10.8 Å². The van der Waals surface area contributed by atoms with Gasteiger partial charge < -0.3 is 10.5 Å². The summed E-state index contributed by atoms with van der Waals surface area (Å²) >= 11 is 6.00. The van der Waals surface area contributed by atoms with Crippen LogP contribution in [-0.4, -0.2) is 16.1 Å². The Balaban J connectivity index is 0.00000147. The average molecular weight is 343 g/mol. The van der Waals surface area contributed by atoms with Gasteiger partial charge in [0.15, 0.2) is 0 Å². The number of hydrogen-bond acceptors (Lipinski definition) is 4. The topological polar surface area (TPSA) is 61.0 Å². The molecule has 0 radical (unpaired) electrons. The molecule has 4 nitrogen and oxygen atoms in total. The third-order valence-electron chi connectivity index (χ3n) is 3.20. The van der Waals surface area contributed by atoms with Crippen molar-refractivity contribution in [2.24, 2.45) is 5.73 Å². The second kappa shape index (κ2) is 5.55. The SMILES string of the molecule is CC(C)(N)c1cnc(OC2CC2)c2cnc(Cl)cc12.[Zn]. The Kier molecular flexibility index (Phi) is 4.34. The van der Waals surface area contributed by atoms with Gasteiger partial charge in [0.05, 0.1) is 5.39 Å².